The van der Waals surface area contributed by atoms with Crippen LogP contribution in [0.5, 0.6) is 0 Å². The van der Waals surface area contributed by atoms with E-state index in [2.05, 4.69) is 0 Å². The molecule has 0 N–H and O–H groups in total. The summed E-state index contributed by atoms with van der Waals surface area (Å²) >= 11 is 0. The summed E-state index contributed by atoms with van der Waals surface area (Å²) in [5.41, 5.74) is 10.7. The molecule has 0 fully saturated rings. The van der Waals surface area contributed by atoms with Gasteiger partial charge in [0.15, 0.2) is 0 Å². The number of carbonyl (C=O) groups is 4. The molecule has 9 rings (SSSR count). The summed E-state index contributed by atoms with van der Waals surface area (Å²) < 4.78 is 0. The van der Waals surface area contributed by atoms with Gasteiger partial charge in [-0.25, -0.2) is 9.97 Å². The third kappa shape index (κ3) is 10.9. The van der Waals surface area contributed by atoms with E-state index < -0.39 is 0 Å². The molecule has 2 aliphatic rings. The van der Waals surface area contributed by atoms with Gasteiger partial charge in [-0.1, -0.05) is 24.3 Å². The monoisotopic (exact) mass is 1080 g/mol. The number of pyridine rings is 4. The Morgan fingerprint density at radius 2 is 0.545 bits per heavy atom. The van der Waals surface area contributed by atoms with E-state index in [1.165, 1.54) is 0 Å². The first-order valence-electron chi connectivity index (χ1n) is 26.1. The standard InChI is InChI=1S/C60H61N12O4.Cu/c1-9-69(10-2)57(73)37-17-21-41(61-33-37)53-45-25-27-47(65-45)54(42-22-18-38(34-62-42)58(74)70(11-3)12-4)49-29-31-51(67-49)56(44-24-20-40(36-64-44)60(76)72(15-7)16-8)52-32-30-50(68-52)55(48-28-26-46(53)66-48)43-23-19-39(35-63-43)59(75)71(13-5)14-6;/h17-36H,9-16H2,1-8H3,(H-,61,62,63,64,65,66,67,68,73,74,75,76);/q-1;+2/p-1. The number of amides is 4. The van der Waals surface area contributed by atoms with Gasteiger partial charge < -0.3 is 29.6 Å². The molecule has 0 spiro atoms. The quantitative estimate of drug-likeness (QED) is 0.0835. The molecular formula is C60H60CuN12O4. The van der Waals surface area contributed by atoms with Crippen molar-refractivity contribution in [1.29, 1.82) is 0 Å². The second kappa shape index (κ2) is 24.1. The van der Waals surface area contributed by atoms with Gasteiger partial charge in [-0.2, -0.15) is 0 Å². The molecule has 2 aliphatic heterocycles. The van der Waals surface area contributed by atoms with E-state index >= 15 is 0 Å². The largest absolute Gasteiger partial charge is 2.00 e. The Morgan fingerprint density at radius 1 is 0.338 bits per heavy atom. The van der Waals surface area contributed by atoms with Gasteiger partial charge >= 0.3 is 17.1 Å². The minimum absolute atomic E-state index is 0. The zero-order valence-corrected chi connectivity index (χ0v) is 45.4. The summed E-state index contributed by atoms with van der Waals surface area (Å²) in [5, 5.41) is 0. The van der Waals surface area contributed by atoms with Gasteiger partial charge in [-0.15, -0.1) is 22.1 Å². The number of aromatic nitrogens is 8. The molecule has 0 saturated carbocycles. The number of hydrogen-bond donors (Lipinski definition) is 0. The van der Waals surface area contributed by atoms with Crippen LogP contribution in [0.3, 0.4) is 0 Å². The van der Waals surface area contributed by atoms with Crippen molar-refractivity contribution in [2.45, 2.75) is 55.4 Å². The van der Waals surface area contributed by atoms with Crippen LogP contribution >= 0.6 is 0 Å². The van der Waals surface area contributed by atoms with Crippen LogP contribution in [0.4, 0.5) is 0 Å². The van der Waals surface area contributed by atoms with Crippen molar-refractivity contribution in [3.05, 3.63) is 143 Å². The smallest absolute Gasteiger partial charge is 0.657 e. The fraction of sp³-hybridized carbons (Fsp3) is 0.267. The summed E-state index contributed by atoms with van der Waals surface area (Å²) in [6.45, 7) is 20.0. The van der Waals surface area contributed by atoms with Crippen LogP contribution < -0.4 is 9.97 Å². The predicted octanol–water partition coefficient (Wildman–Crippen LogP) is 10.1. The fourth-order valence-electron chi connectivity index (χ4n) is 9.58. The van der Waals surface area contributed by atoms with Crippen molar-refractivity contribution in [2.24, 2.45) is 0 Å². The van der Waals surface area contributed by atoms with Crippen LogP contribution in [-0.4, -0.2) is 125 Å². The van der Waals surface area contributed by atoms with Crippen LogP contribution in [0.2, 0.25) is 0 Å². The van der Waals surface area contributed by atoms with Gasteiger partial charge in [0.05, 0.1) is 67.8 Å². The van der Waals surface area contributed by atoms with Crippen molar-refractivity contribution < 1.29 is 36.2 Å². The molecule has 8 bridgehead atoms. The van der Waals surface area contributed by atoms with Gasteiger partial charge in [-0.05, 0) is 128 Å². The molecular weight excluding hydrogens is 1020 g/mol. The van der Waals surface area contributed by atoms with Gasteiger partial charge in [0, 0.05) is 99.4 Å². The first-order valence-corrected chi connectivity index (χ1v) is 26.1. The Morgan fingerprint density at radius 3 is 0.714 bits per heavy atom. The molecule has 1 radical (unpaired) electrons. The molecule has 4 amide bonds. The molecule has 17 heteroatoms. The van der Waals surface area contributed by atoms with E-state index in [1.807, 2.05) is 128 Å². The van der Waals surface area contributed by atoms with E-state index in [-0.39, 0.29) is 40.7 Å². The van der Waals surface area contributed by atoms with Crippen molar-refractivity contribution in [1.82, 2.24) is 59.5 Å². The molecule has 77 heavy (non-hydrogen) atoms. The second-order valence-electron chi connectivity index (χ2n) is 18.0. The van der Waals surface area contributed by atoms with Crippen LogP contribution in [0.15, 0.2) is 97.6 Å². The number of hydrogen-bond acceptors (Lipinski definition) is 10. The molecule has 0 saturated heterocycles. The van der Waals surface area contributed by atoms with Gasteiger partial charge in [0.2, 0.25) is 0 Å². The molecule has 0 unspecified atom stereocenters. The maximum atomic E-state index is 13.5. The Labute approximate surface area is 458 Å². The fourth-order valence-corrected chi connectivity index (χ4v) is 9.58. The van der Waals surface area contributed by atoms with Crippen molar-refractivity contribution in [3.63, 3.8) is 0 Å². The molecule has 7 aromatic heterocycles. The van der Waals surface area contributed by atoms with E-state index in [0.717, 1.165) is 0 Å². The van der Waals surface area contributed by atoms with Crippen LogP contribution in [-0.2, 0) is 17.1 Å². The first-order chi connectivity index (χ1) is 37.0. The van der Waals surface area contributed by atoms with Gasteiger partial charge in [0.25, 0.3) is 23.6 Å². The Kier molecular flexibility index (Phi) is 17.1. The van der Waals surface area contributed by atoms with E-state index in [0.29, 0.717) is 164 Å². The molecule has 395 valence electrons. The van der Waals surface area contributed by atoms with E-state index in [9.17, 15) is 19.2 Å². The van der Waals surface area contributed by atoms with Crippen molar-refractivity contribution in [3.8, 4) is 45.0 Å². The molecule has 7 aromatic rings. The third-order valence-electron chi connectivity index (χ3n) is 13.9. The molecule has 0 atom stereocenters. The maximum Gasteiger partial charge on any atom is 2.00 e. The van der Waals surface area contributed by atoms with Gasteiger partial charge in [-0.3, -0.25) is 39.1 Å². The normalized spacial score (nSPS) is 11.5. The second-order valence-corrected chi connectivity index (χ2v) is 18.0. The topological polar surface area (TPSA) is 187 Å². The summed E-state index contributed by atoms with van der Waals surface area (Å²) in [7, 11) is 0. The summed E-state index contributed by atoms with van der Waals surface area (Å²) in [5.74, 6) is -0.484. The molecule has 16 nitrogen and oxygen atoms in total. The molecule has 0 aliphatic carbocycles. The molecule has 0 aromatic carbocycles. The zero-order chi connectivity index (χ0) is 53.6. The van der Waals surface area contributed by atoms with Crippen LogP contribution in [0, 0.1) is 0 Å². The SMILES string of the molecule is CCN(CC)C(=O)c1ccc(-c2c3nc(c(-c4ccc(C(=O)N(CC)CC)cn4)c4ccc([n-]4)c(-c4ccc(C(=O)N(CC)CC)cn4)c4nc(c(-c5ccc(C(=O)N(CC)CC)cn5)c5ccc2[n-]5)C=C4)C=C3)nc1.[Cu+2]. The average Bonchev–Trinajstić information content (AvgIpc) is 4.32. The third-order valence-corrected chi connectivity index (χ3v) is 13.9. The predicted molar refractivity (Wildman–Crippen MR) is 299 cm³/mol. The Hall–Kier alpha value is -8.40. The zero-order valence-electron chi connectivity index (χ0n) is 44.5. The number of carbonyl (C=O) groups excluding carboxylic acids is 4. The molecule has 9 heterocycles. The van der Waals surface area contributed by atoms with Crippen molar-refractivity contribution >= 4 is 70.0 Å². The minimum atomic E-state index is -0.121. The van der Waals surface area contributed by atoms with E-state index in [1.54, 1.807) is 68.7 Å². The summed E-state index contributed by atoms with van der Waals surface area (Å²) in [6.07, 6.45) is 14.0. The number of nitrogens with zero attached hydrogens (tertiary/aromatic N) is 12. The summed E-state index contributed by atoms with van der Waals surface area (Å²) in [4.78, 5) is 102. The average molecular weight is 1080 g/mol. The van der Waals surface area contributed by atoms with E-state index in [4.69, 9.17) is 39.9 Å². The first kappa shape index (κ1) is 54.8. The van der Waals surface area contributed by atoms with Crippen LogP contribution in [0.25, 0.3) is 91.4 Å². The number of rotatable bonds is 16. The van der Waals surface area contributed by atoms with Crippen molar-refractivity contribution in [2.75, 3.05) is 52.4 Å². The minimum Gasteiger partial charge on any atom is -0.657 e. The Balaban J connectivity index is 0.00000784. The van der Waals surface area contributed by atoms with Crippen LogP contribution in [0.1, 0.15) is 120 Å². The number of fused-ring (bicyclic) bond motifs is 8. The summed E-state index contributed by atoms with van der Waals surface area (Å²) in [6, 6.07) is 22.0. The maximum absolute atomic E-state index is 13.5. The Bertz CT molecular complexity index is 3090. The van der Waals surface area contributed by atoms with Gasteiger partial charge in [0.1, 0.15) is 0 Å².